The van der Waals surface area contributed by atoms with Crippen LogP contribution < -0.4 is 4.24 Å². The molecule has 20 heavy (non-hydrogen) atoms. The first-order chi connectivity index (χ1) is 9.74. The molecule has 2 nitrogen and oxygen atoms in total. The van der Waals surface area contributed by atoms with Crippen LogP contribution in [0.15, 0.2) is 42.5 Å². The third-order valence-corrected chi connectivity index (χ3v) is 4.27. The molecule has 98 valence electrons. The van der Waals surface area contributed by atoms with E-state index in [1.807, 2.05) is 0 Å². The zero-order valence-electron chi connectivity index (χ0n) is 12.3. The third kappa shape index (κ3) is 1.88. The fraction of sp³-hybridized carbons (Fsp3) is 0.294. The van der Waals surface area contributed by atoms with Crippen molar-refractivity contribution in [3.05, 3.63) is 53.6 Å². The fourth-order valence-electron chi connectivity index (χ4n) is 3.63. The SMILES string of the molecule is [Li][c]1cccc2c1C(COC)(COC)c1ccccc1-2. The van der Waals surface area contributed by atoms with Gasteiger partial charge in [-0.1, -0.05) is 0 Å². The van der Waals surface area contributed by atoms with E-state index in [0.717, 1.165) is 0 Å². The molecular formula is C17H17LiO2. The summed E-state index contributed by atoms with van der Waals surface area (Å²) in [6.07, 6.45) is 0. The molecule has 2 aromatic rings. The molecule has 1 aliphatic carbocycles. The van der Waals surface area contributed by atoms with Crippen molar-refractivity contribution >= 4 is 22.0 Å². The van der Waals surface area contributed by atoms with Crippen LogP contribution in [0.2, 0.25) is 0 Å². The Morgan fingerprint density at radius 3 is 2.25 bits per heavy atom. The Bertz CT molecular complexity index is 631. The van der Waals surface area contributed by atoms with E-state index in [1.54, 1.807) is 14.2 Å². The second-order valence-corrected chi connectivity index (χ2v) is 5.49. The summed E-state index contributed by atoms with van der Waals surface area (Å²) >= 11 is 2.17. The van der Waals surface area contributed by atoms with Gasteiger partial charge in [-0.3, -0.25) is 0 Å². The number of hydrogen-bond acceptors (Lipinski definition) is 2. The Kier molecular flexibility index (Phi) is 3.75. The van der Waals surface area contributed by atoms with Gasteiger partial charge < -0.3 is 0 Å². The van der Waals surface area contributed by atoms with Crippen LogP contribution in [-0.2, 0) is 14.9 Å². The van der Waals surface area contributed by atoms with Crippen LogP contribution >= 0.6 is 0 Å². The van der Waals surface area contributed by atoms with Crippen LogP contribution in [-0.4, -0.2) is 45.1 Å². The van der Waals surface area contributed by atoms with E-state index in [9.17, 15) is 0 Å². The summed E-state index contributed by atoms with van der Waals surface area (Å²) in [5.74, 6) is 0. The topological polar surface area (TPSA) is 18.5 Å². The number of methoxy groups -OCH3 is 2. The van der Waals surface area contributed by atoms with Crippen LogP contribution in [0.4, 0.5) is 0 Å². The molecule has 3 rings (SSSR count). The first kappa shape index (κ1) is 13.9. The minimum atomic E-state index is -0.194. The molecule has 1 aliphatic rings. The number of benzene rings is 2. The summed E-state index contributed by atoms with van der Waals surface area (Å²) in [6.45, 7) is 1.27. The van der Waals surface area contributed by atoms with Gasteiger partial charge in [0.2, 0.25) is 0 Å². The normalized spacial score (nSPS) is 15.0. The van der Waals surface area contributed by atoms with Gasteiger partial charge in [0.15, 0.2) is 0 Å². The number of rotatable bonds is 4. The van der Waals surface area contributed by atoms with Crippen molar-refractivity contribution in [2.45, 2.75) is 5.41 Å². The molecule has 0 unspecified atom stereocenters. The van der Waals surface area contributed by atoms with Crippen molar-refractivity contribution in [1.82, 2.24) is 0 Å². The van der Waals surface area contributed by atoms with Gasteiger partial charge >= 0.3 is 129 Å². The third-order valence-electron chi connectivity index (χ3n) is 4.27. The summed E-state index contributed by atoms with van der Waals surface area (Å²) in [7, 11) is 3.52. The van der Waals surface area contributed by atoms with Crippen molar-refractivity contribution in [2.24, 2.45) is 0 Å². The van der Waals surface area contributed by atoms with Crippen molar-refractivity contribution in [1.29, 1.82) is 0 Å². The first-order valence-electron chi connectivity index (χ1n) is 6.92. The van der Waals surface area contributed by atoms with Crippen molar-refractivity contribution in [3.8, 4) is 11.1 Å². The van der Waals surface area contributed by atoms with E-state index in [4.69, 9.17) is 9.47 Å². The maximum atomic E-state index is 5.57. The van der Waals surface area contributed by atoms with Crippen LogP contribution in [0.3, 0.4) is 0 Å². The summed E-state index contributed by atoms with van der Waals surface area (Å²) < 4.78 is 12.4. The second-order valence-electron chi connectivity index (χ2n) is 5.49. The van der Waals surface area contributed by atoms with E-state index in [0.29, 0.717) is 13.2 Å². The average molecular weight is 260 g/mol. The van der Waals surface area contributed by atoms with E-state index in [2.05, 4.69) is 60.2 Å². The predicted molar refractivity (Wildman–Crippen MR) is 81.8 cm³/mol. The summed E-state index contributed by atoms with van der Waals surface area (Å²) in [4.78, 5) is 0. The zero-order valence-corrected chi connectivity index (χ0v) is 12.3. The molecule has 0 aliphatic heterocycles. The summed E-state index contributed by atoms with van der Waals surface area (Å²) in [5, 5.41) is 0. The zero-order chi connectivity index (χ0) is 14.2. The number of ether oxygens (including phenoxy) is 2. The predicted octanol–water partition coefficient (Wildman–Crippen LogP) is 2.04. The quantitative estimate of drug-likeness (QED) is 0.783. The maximum absolute atomic E-state index is 5.57. The molecule has 0 amide bonds. The molecule has 0 aromatic heterocycles. The number of hydrogen-bond donors (Lipinski definition) is 0. The van der Waals surface area contributed by atoms with E-state index >= 15 is 0 Å². The van der Waals surface area contributed by atoms with E-state index < -0.39 is 0 Å². The Labute approximate surface area is 129 Å². The molecule has 0 heterocycles. The van der Waals surface area contributed by atoms with Gasteiger partial charge in [0.25, 0.3) is 0 Å². The van der Waals surface area contributed by atoms with Gasteiger partial charge in [0.05, 0.1) is 0 Å². The van der Waals surface area contributed by atoms with Gasteiger partial charge in [0.1, 0.15) is 0 Å². The van der Waals surface area contributed by atoms with Crippen molar-refractivity contribution < 1.29 is 9.47 Å². The molecule has 0 atom stereocenters. The van der Waals surface area contributed by atoms with Gasteiger partial charge in [-0.2, -0.15) is 0 Å². The number of fused-ring (bicyclic) bond motifs is 3. The minimum absolute atomic E-state index is 0.194. The molecule has 0 fully saturated rings. The van der Waals surface area contributed by atoms with Gasteiger partial charge in [-0.25, -0.2) is 0 Å². The van der Waals surface area contributed by atoms with Crippen molar-refractivity contribution in [3.63, 3.8) is 0 Å². The average Bonchev–Trinajstić information content (AvgIpc) is 2.73. The van der Waals surface area contributed by atoms with Gasteiger partial charge in [-0.15, -0.1) is 0 Å². The summed E-state index contributed by atoms with van der Waals surface area (Å²) in [6, 6.07) is 15.1. The molecule has 0 radical (unpaired) electrons. The van der Waals surface area contributed by atoms with Crippen LogP contribution in [0.25, 0.3) is 11.1 Å². The van der Waals surface area contributed by atoms with Gasteiger partial charge in [-0.05, 0) is 0 Å². The van der Waals surface area contributed by atoms with Crippen LogP contribution in [0.1, 0.15) is 11.1 Å². The molecule has 0 N–H and O–H groups in total. The summed E-state index contributed by atoms with van der Waals surface area (Å²) in [5.41, 5.74) is 5.09. The Hall–Kier alpha value is -1.04. The molecule has 0 spiro atoms. The molecular weight excluding hydrogens is 243 g/mol. The van der Waals surface area contributed by atoms with Crippen LogP contribution in [0.5, 0.6) is 0 Å². The molecule has 0 saturated heterocycles. The molecule has 0 bridgehead atoms. The Morgan fingerprint density at radius 1 is 0.900 bits per heavy atom. The van der Waals surface area contributed by atoms with E-state index in [-0.39, 0.29) is 5.41 Å². The standard InChI is InChI=1S/C17H17O2.Li/c1-18-11-17(12-19-2)15-9-5-3-7-13(15)14-8-4-6-10-16(14)17;/h3-9H,11-12H2,1-2H3;. The van der Waals surface area contributed by atoms with Gasteiger partial charge in [0, 0.05) is 0 Å². The molecule has 3 heteroatoms. The Balaban J connectivity index is 2.34. The molecule has 0 saturated carbocycles. The second kappa shape index (κ2) is 5.39. The Morgan fingerprint density at radius 2 is 1.55 bits per heavy atom. The van der Waals surface area contributed by atoms with Crippen LogP contribution in [0, 0.1) is 0 Å². The van der Waals surface area contributed by atoms with E-state index in [1.165, 1.54) is 26.5 Å². The first-order valence-corrected chi connectivity index (χ1v) is 6.92. The van der Waals surface area contributed by atoms with Crippen molar-refractivity contribution in [2.75, 3.05) is 27.4 Å². The fourth-order valence-corrected chi connectivity index (χ4v) is 3.63. The molecule has 2 aromatic carbocycles. The monoisotopic (exact) mass is 260 g/mol.